The van der Waals surface area contributed by atoms with E-state index in [2.05, 4.69) is 31.3 Å². The average Bonchev–Trinajstić information content (AvgIpc) is 2.56. The molecule has 132 valence electrons. The maximum Gasteiger partial charge on any atom is 0.306 e. The number of esters is 1. The Kier molecular flexibility index (Phi) is 6.83. The highest BCUT2D eigenvalue weighted by Gasteiger charge is 2.19. The van der Waals surface area contributed by atoms with Crippen LogP contribution < -0.4 is 5.32 Å². The Labute approximate surface area is 145 Å². The van der Waals surface area contributed by atoms with Crippen LogP contribution in [0.5, 0.6) is 0 Å². The van der Waals surface area contributed by atoms with E-state index in [1.54, 1.807) is 0 Å². The molecule has 1 atom stereocenters. The number of aryl methyl sites for hydroxylation is 2. The van der Waals surface area contributed by atoms with Crippen molar-refractivity contribution < 1.29 is 14.3 Å². The fourth-order valence-electron chi connectivity index (χ4n) is 3.23. The molecule has 1 aliphatic rings. The molecule has 24 heavy (non-hydrogen) atoms. The first-order valence-corrected chi connectivity index (χ1v) is 8.98. The standard InChI is InChI=1S/C20H29NO3/c1-14-9-10-18(11-15(14)2)16(3)21-19(22)13-24-20(23)12-17-7-5-4-6-8-17/h9-11,16-17H,4-8,12-13H2,1-3H3,(H,21,22). The summed E-state index contributed by atoms with van der Waals surface area (Å²) < 4.78 is 5.14. The lowest BCUT2D eigenvalue weighted by Crippen LogP contribution is -2.31. The third-order valence-electron chi connectivity index (χ3n) is 4.95. The second-order valence-electron chi connectivity index (χ2n) is 7.00. The van der Waals surface area contributed by atoms with Gasteiger partial charge in [0.25, 0.3) is 5.91 Å². The molecule has 0 heterocycles. The first kappa shape index (κ1) is 18.5. The third kappa shape index (κ3) is 5.66. The van der Waals surface area contributed by atoms with Gasteiger partial charge in [-0.1, -0.05) is 37.5 Å². The summed E-state index contributed by atoms with van der Waals surface area (Å²) in [5.41, 5.74) is 3.49. The molecule has 1 fully saturated rings. The number of ether oxygens (including phenoxy) is 1. The van der Waals surface area contributed by atoms with Crippen molar-refractivity contribution >= 4 is 11.9 Å². The summed E-state index contributed by atoms with van der Waals surface area (Å²) in [7, 11) is 0. The number of amides is 1. The van der Waals surface area contributed by atoms with Crippen LogP contribution in [0.4, 0.5) is 0 Å². The fourth-order valence-corrected chi connectivity index (χ4v) is 3.23. The van der Waals surface area contributed by atoms with E-state index in [4.69, 9.17) is 4.74 Å². The lowest BCUT2D eigenvalue weighted by atomic mass is 9.87. The van der Waals surface area contributed by atoms with Crippen LogP contribution in [-0.4, -0.2) is 18.5 Å². The van der Waals surface area contributed by atoms with E-state index in [0.717, 1.165) is 18.4 Å². The van der Waals surface area contributed by atoms with Crippen LogP contribution in [0.25, 0.3) is 0 Å². The van der Waals surface area contributed by atoms with Crippen LogP contribution in [-0.2, 0) is 14.3 Å². The van der Waals surface area contributed by atoms with Gasteiger partial charge in [-0.05, 0) is 56.2 Å². The molecule has 1 aromatic carbocycles. The van der Waals surface area contributed by atoms with E-state index in [1.807, 2.05) is 13.0 Å². The predicted octanol–water partition coefficient (Wildman–Crippen LogP) is 3.99. The molecule has 0 saturated heterocycles. The molecule has 0 aromatic heterocycles. The van der Waals surface area contributed by atoms with Crippen molar-refractivity contribution in [2.24, 2.45) is 5.92 Å². The smallest absolute Gasteiger partial charge is 0.306 e. The highest BCUT2D eigenvalue weighted by molar-refractivity contribution is 5.80. The van der Waals surface area contributed by atoms with Crippen LogP contribution in [0.3, 0.4) is 0 Å². The van der Waals surface area contributed by atoms with Gasteiger partial charge in [-0.2, -0.15) is 0 Å². The number of nitrogens with one attached hydrogen (secondary N) is 1. The van der Waals surface area contributed by atoms with Crippen molar-refractivity contribution in [2.45, 2.75) is 65.3 Å². The van der Waals surface area contributed by atoms with Crippen molar-refractivity contribution in [1.82, 2.24) is 5.32 Å². The molecule has 4 nitrogen and oxygen atoms in total. The quantitative estimate of drug-likeness (QED) is 0.802. The average molecular weight is 331 g/mol. The van der Waals surface area contributed by atoms with Gasteiger partial charge in [0.15, 0.2) is 6.61 Å². The van der Waals surface area contributed by atoms with Crippen molar-refractivity contribution in [1.29, 1.82) is 0 Å². The van der Waals surface area contributed by atoms with Crippen molar-refractivity contribution in [3.63, 3.8) is 0 Å². The molecule has 2 rings (SSSR count). The van der Waals surface area contributed by atoms with Gasteiger partial charge in [-0.3, -0.25) is 9.59 Å². The Balaban J connectivity index is 1.73. The van der Waals surface area contributed by atoms with Crippen molar-refractivity contribution in [2.75, 3.05) is 6.61 Å². The molecule has 1 aliphatic carbocycles. The zero-order chi connectivity index (χ0) is 17.5. The number of carbonyl (C=O) groups is 2. The van der Waals surface area contributed by atoms with E-state index >= 15 is 0 Å². The lowest BCUT2D eigenvalue weighted by molar-refractivity contribution is -0.149. The Morgan fingerprint density at radius 3 is 2.54 bits per heavy atom. The summed E-state index contributed by atoms with van der Waals surface area (Å²) in [4.78, 5) is 23.8. The molecule has 1 unspecified atom stereocenters. The van der Waals surface area contributed by atoms with Crippen LogP contribution in [0.15, 0.2) is 18.2 Å². The Hall–Kier alpha value is -1.84. The van der Waals surface area contributed by atoms with Crippen molar-refractivity contribution in [3.8, 4) is 0 Å². The highest BCUT2D eigenvalue weighted by Crippen LogP contribution is 2.26. The Morgan fingerprint density at radius 2 is 1.88 bits per heavy atom. The van der Waals surface area contributed by atoms with Gasteiger partial charge in [0.1, 0.15) is 0 Å². The van der Waals surface area contributed by atoms with Gasteiger partial charge < -0.3 is 10.1 Å². The maximum absolute atomic E-state index is 12.0. The maximum atomic E-state index is 12.0. The van der Waals surface area contributed by atoms with E-state index in [0.29, 0.717) is 12.3 Å². The normalized spacial score (nSPS) is 16.5. The molecule has 0 bridgehead atoms. The zero-order valence-corrected chi connectivity index (χ0v) is 15.1. The first-order valence-electron chi connectivity index (χ1n) is 8.98. The SMILES string of the molecule is Cc1ccc(C(C)NC(=O)COC(=O)CC2CCCCC2)cc1C. The molecule has 4 heteroatoms. The van der Waals surface area contributed by atoms with Crippen LogP contribution in [0.1, 0.15) is 68.2 Å². The summed E-state index contributed by atoms with van der Waals surface area (Å²) in [6, 6.07) is 6.05. The summed E-state index contributed by atoms with van der Waals surface area (Å²) >= 11 is 0. The van der Waals surface area contributed by atoms with Gasteiger partial charge in [0.05, 0.1) is 6.04 Å². The second kappa shape index (κ2) is 8.86. The highest BCUT2D eigenvalue weighted by atomic mass is 16.5. The molecule has 0 aliphatic heterocycles. The largest absolute Gasteiger partial charge is 0.456 e. The van der Waals surface area contributed by atoms with Crippen molar-refractivity contribution in [3.05, 3.63) is 34.9 Å². The minimum atomic E-state index is -0.254. The second-order valence-corrected chi connectivity index (χ2v) is 7.00. The summed E-state index contributed by atoms with van der Waals surface area (Å²) in [6.07, 6.45) is 6.32. The minimum absolute atomic E-state index is 0.103. The third-order valence-corrected chi connectivity index (χ3v) is 4.95. The molecule has 1 amide bonds. The number of carbonyl (C=O) groups excluding carboxylic acids is 2. The molecular formula is C20H29NO3. The number of hydrogen-bond donors (Lipinski definition) is 1. The summed E-state index contributed by atoms with van der Waals surface area (Å²) in [5.74, 6) is -0.0719. The van der Waals surface area contributed by atoms with E-state index in [1.165, 1.54) is 30.4 Å². The zero-order valence-electron chi connectivity index (χ0n) is 15.1. The van der Waals surface area contributed by atoms with E-state index in [9.17, 15) is 9.59 Å². The molecule has 1 aromatic rings. The first-order chi connectivity index (χ1) is 11.5. The molecule has 1 saturated carbocycles. The monoisotopic (exact) mass is 331 g/mol. The lowest BCUT2D eigenvalue weighted by Gasteiger charge is -2.20. The Morgan fingerprint density at radius 1 is 1.17 bits per heavy atom. The molecule has 0 spiro atoms. The number of hydrogen-bond acceptors (Lipinski definition) is 3. The van der Waals surface area contributed by atoms with Gasteiger partial charge >= 0.3 is 5.97 Å². The summed E-state index contributed by atoms with van der Waals surface area (Å²) in [5, 5.41) is 2.89. The number of benzene rings is 1. The van der Waals surface area contributed by atoms with E-state index in [-0.39, 0.29) is 24.5 Å². The molecule has 0 radical (unpaired) electrons. The van der Waals surface area contributed by atoms with Gasteiger partial charge in [0.2, 0.25) is 0 Å². The predicted molar refractivity (Wildman–Crippen MR) is 94.6 cm³/mol. The van der Waals surface area contributed by atoms with Crippen LogP contribution >= 0.6 is 0 Å². The Bertz CT molecular complexity index is 576. The van der Waals surface area contributed by atoms with Crippen LogP contribution in [0.2, 0.25) is 0 Å². The van der Waals surface area contributed by atoms with Gasteiger partial charge in [0, 0.05) is 6.42 Å². The topological polar surface area (TPSA) is 55.4 Å². The van der Waals surface area contributed by atoms with Gasteiger partial charge in [-0.25, -0.2) is 0 Å². The minimum Gasteiger partial charge on any atom is -0.456 e. The summed E-state index contributed by atoms with van der Waals surface area (Å²) in [6.45, 7) is 5.86. The van der Waals surface area contributed by atoms with Crippen LogP contribution in [0, 0.1) is 19.8 Å². The fraction of sp³-hybridized carbons (Fsp3) is 0.600. The molecule has 1 N–H and O–H groups in total. The van der Waals surface area contributed by atoms with Gasteiger partial charge in [-0.15, -0.1) is 0 Å². The van der Waals surface area contributed by atoms with E-state index < -0.39 is 0 Å². The molecular weight excluding hydrogens is 302 g/mol. The number of rotatable bonds is 6.